The van der Waals surface area contributed by atoms with Crippen molar-refractivity contribution < 1.29 is 9.53 Å². The first-order valence-electron chi connectivity index (χ1n) is 11.0. The first-order valence-corrected chi connectivity index (χ1v) is 11.5. The Morgan fingerprint density at radius 2 is 1.97 bits per heavy atom. The summed E-state index contributed by atoms with van der Waals surface area (Å²) in [5.41, 5.74) is 7.08. The van der Waals surface area contributed by atoms with Crippen LogP contribution in [0.25, 0.3) is 10.9 Å². The van der Waals surface area contributed by atoms with Gasteiger partial charge in [-0.3, -0.25) is 4.79 Å². The van der Waals surface area contributed by atoms with Crippen molar-refractivity contribution in [1.29, 1.82) is 0 Å². The molecular weight excluding hydrogens is 410 g/mol. The number of carbonyl (C=O) groups is 1. The second-order valence-electron chi connectivity index (χ2n) is 8.59. The third-order valence-corrected chi connectivity index (χ3v) is 6.93. The molecule has 1 fully saturated rings. The summed E-state index contributed by atoms with van der Waals surface area (Å²) >= 11 is 6.06. The van der Waals surface area contributed by atoms with E-state index in [-0.39, 0.29) is 23.9 Å². The predicted molar refractivity (Wildman–Crippen MR) is 125 cm³/mol. The molecule has 162 valence electrons. The Labute approximate surface area is 187 Å². The molecule has 0 bridgehead atoms. The maximum absolute atomic E-state index is 13.0. The van der Waals surface area contributed by atoms with E-state index in [9.17, 15) is 4.79 Å². The SMILES string of the molecule is Cc1cc(N2CCOCC2)ccc1[C@H]1c2[nH]c3ccccc3c2C[C@H](C)N1C(=O)CCl. The quantitative estimate of drug-likeness (QED) is 0.617. The molecule has 2 aliphatic rings. The van der Waals surface area contributed by atoms with Gasteiger partial charge in [0.2, 0.25) is 5.91 Å². The Kier molecular flexibility index (Phi) is 5.40. The number of benzene rings is 2. The zero-order valence-corrected chi connectivity index (χ0v) is 18.8. The van der Waals surface area contributed by atoms with Crippen LogP contribution in [0, 0.1) is 6.92 Å². The fourth-order valence-corrected chi connectivity index (χ4v) is 5.35. The molecule has 5 nitrogen and oxygen atoms in total. The summed E-state index contributed by atoms with van der Waals surface area (Å²) in [4.78, 5) is 20.9. The molecule has 0 saturated carbocycles. The lowest BCUT2D eigenvalue weighted by Crippen LogP contribution is -2.47. The number of nitrogens with one attached hydrogen (secondary N) is 1. The second kappa shape index (κ2) is 8.21. The van der Waals surface area contributed by atoms with Crippen molar-refractivity contribution >= 4 is 34.1 Å². The maximum Gasteiger partial charge on any atom is 0.238 e. The Morgan fingerprint density at radius 3 is 2.71 bits per heavy atom. The summed E-state index contributed by atoms with van der Waals surface area (Å²) in [6, 6.07) is 14.9. The highest BCUT2D eigenvalue weighted by Gasteiger charge is 2.38. The third-order valence-electron chi connectivity index (χ3n) is 6.70. The molecular formula is C25H28ClN3O2. The van der Waals surface area contributed by atoms with Crippen LogP contribution in [0.5, 0.6) is 0 Å². The lowest BCUT2D eigenvalue weighted by atomic mass is 9.86. The van der Waals surface area contributed by atoms with Crippen LogP contribution in [0.15, 0.2) is 42.5 Å². The number of aromatic amines is 1. The Hall–Kier alpha value is -2.50. The normalized spacial score (nSPS) is 21.4. The number of carbonyl (C=O) groups excluding carboxylic acids is 1. The number of aromatic nitrogens is 1. The minimum Gasteiger partial charge on any atom is -0.378 e. The van der Waals surface area contributed by atoms with Gasteiger partial charge in [-0.25, -0.2) is 0 Å². The number of aryl methyl sites for hydroxylation is 1. The molecule has 3 heterocycles. The van der Waals surface area contributed by atoms with Gasteiger partial charge < -0.3 is 19.5 Å². The summed E-state index contributed by atoms with van der Waals surface area (Å²) in [5, 5.41) is 1.25. The molecule has 1 amide bonds. The highest BCUT2D eigenvalue weighted by atomic mass is 35.5. The number of alkyl halides is 1. The van der Waals surface area contributed by atoms with Crippen LogP contribution in [0.4, 0.5) is 5.69 Å². The fraction of sp³-hybridized carbons (Fsp3) is 0.400. The lowest BCUT2D eigenvalue weighted by Gasteiger charge is -2.41. The van der Waals surface area contributed by atoms with Gasteiger partial charge in [-0.05, 0) is 55.2 Å². The smallest absolute Gasteiger partial charge is 0.238 e. The molecule has 1 aromatic heterocycles. The van der Waals surface area contributed by atoms with E-state index in [0.717, 1.165) is 49.5 Å². The van der Waals surface area contributed by atoms with Crippen molar-refractivity contribution in [2.24, 2.45) is 0 Å². The molecule has 5 rings (SSSR count). The number of rotatable bonds is 3. The van der Waals surface area contributed by atoms with Gasteiger partial charge in [0.15, 0.2) is 0 Å². The van der Waals surface area contributed by atoms with Crippen LogP contribution in [-0.4, -0.2) is 54.0 Å². The fourth-order valence-electron chi connectivity index (χ4n) is 5.21. The van der Waals surface area contributed by atoms with Crippen LogP contribution in [0.1, 0.15) is 35.3 Å². The van der Waals surface area contributed by atoms with E-state index in [4.69, 9.17) is 16.3 Å². The van der Waals surface area contributed by atoms with Crippen molar-refractivity contribution in [2.75, 3.05) is 37.1 Å². The number of hydrogen-bond donors (Lipinski definition) is 1. The first kappa shape index (κ1) is 20.4. The van der Waals surface area contributed by atoms with Gasteiger partial charge in [-0.2, -0.15) is 0 Å². The molecule has 6 heteroatoms. The molecule has 0 aliphatic carbocycles. The van der Waals surface area contributed by atoms with Gasteiger partial charge in [0, 0.05) is 41.4 Å². The van der Waals surface area contributed by atoms with Gasteiger partial charge in [-0.15, -0.1) is 11.6 Å². The number of halogens is 1. The molecule has 1 N–H and O–H groups in total. The van der Waals surface area contributed by atoms with Crippen molar-refractivity contribution in [2.45, 2.75) is 32.4 Å². The van der Waals surface area contributed by atoms with Crippen LogP contribution in [0.3, 0.4) is 0 Å². The standard InChI is InChI=1S/C25H28ClN3O2/c1-16-13-18(28-9-11-31-12-10-28)7-8-19(16)25-24-21(14-17(2)29(25)23(30)15-26)20-5-3-4-6-22(20)27-24/h3-8,13,17,25,27H,9-12,14-15H2,1-2H3/t17-,25-/m0/s1. The summed E-state index contributed by atoms with van der Waals surface area (Å²) in [6.45, 7) is 7.60. The van der Waals surface area contributed by atoms with E-state index in [1.165, 1.54) is 22.2 Å². The van der Waals surface area contributed by atoms with Crippen LogP contribution in [0.2, 0.25) is 0 Å². The van der Waals surface area contributed by atoms with Gasteiger partial charge in [0.1, 0.15) is 5.88 Å². The van der Waals surface area contributed by atoms with Crippen molar-refractivity contribution in [3.63, 3.8) is 0 Å². The molecule has 3 aromatic rings. The van der Waals surface area contributed by atoms with Crippen LogP contribution < -0.4 is 4.90 Å². The van der Waals surface area contributed by atoms with E-state index in [0.29, 0.717) is 0 Å². The number of H-pyrrole nitrogens is 1. The number of fused-ring (bicyclic) bond motifs is 3. The van der Waals surface area contributed by atoms with Crippen LogP contribution in [-0.2, 0) is 16.0 Å². The molecule has 0 radical (unpaired) electrons. The van der Waals surface area contributed by atoms with E-state index >= 15 is 0 Å². The average molecular weight is 438 g/mol. The molecule has 2 atom stereocenters. The largest absolute Gasteiger partial charge is 0.378 e. The van der Waals surface area contributed by atoms with E-state index in [1.807, 2.05) is 11.0 Å². The molecule has 31 heavy (non-hydrogen) atoms. The number of morpholine rings is 1. The summed E-state index contributed by atoms with van der Waals surface area (Å²) in [5.74, 6) is -0.0402. The van der Waals surface area contributed by atoms with Crippen molar-refractivity contribution in [1.82, 2.24) is 9.88 Å². The summed E-state index contributed by atoms with van der Waals surface area (Å²) < 4.78 is 5.50. The minimum absolute atomic E-state index is 0.0126. The van der Waals surface area contributed by atoms with E-state index in [2.05, 4.69) is 60.1 Å². The zero-order valence-electron chi connectivity index (χ0n) is 18.0. The second-order valence-corrected chi connectivity index (χ2v) is 8.86. The number of anilines is 1. The Morgan fingerprint density at radius 1 is 1.19 bits per heavy atom. The van der Waals surface area contributed by atoms with E-state index < -0.39 is 0 Å². The number of ether oxygens (including phenoxy) is 1. The van der Waals surface area contributed by atoms with Crippen LogP contribution >= 0.6 is 11.6 Å². The first-order chi connectivity index (χ1) is 15.1. The molecule has 2 aliphatic heterocycles. The number of nitrogens with zero attached hydrogens (tertiary/aromatic N) is 2. The monoisotopic (exact) mass is 437 g/mol. The van der Waals surface area contributed by atoms with Gasteiger partial charge in [0.25, 0.3) is 0 Å². The van der Waals surface area contributed by atoms with Gasteiger partial charge in [-0.1, -0.05) is 24.3 Å². The summed E-state index contributed by atoms with van der Waals surface area (Å²) in [6.07, 6.45) is 0.823. The number of para-hydroxylation sites is 1. The third kappa shape index (κ3) is 3.50. The van der Waals surface area contributed by atoms with Gasteiger partial charge >= 0.3 is 0 Å². The molecule has 2 aromatic carbocycles. The highest BCUT2D eigenvalue weighted by molar-refractivity contribution is 6.27. The Balaban J connectivity index is 1.63. The van der Waals surface area contributed by atoms with Gasteiger partial charge in [0.05, 0.1) is 19.3 Å². The average Bonchev–Trinajstić information content (AvgIpc) is 3.16. The predicted octanol–water partition coefficient (Wildman–Crippen LogP) is 4.41. The highest BCUT2D eigenvalue weighted by Crippen LogP contribution is 2.42. The van der Waals surface area contributed by atoms with Crippen molar-refractivity contribution in [3.05, 3.63) is 64.8 Å². The minimum atomic E-state index is -0.170. The number of hydrogen-bond acceptors (Lipinski definition) is 3. The topological polar surface area (TPSA) is 48.6 Å². The number of amides is 1. The molecule has 1 saturated heterocycles. The molecule has 0 spiro atoms. The van der Waals surface area contributed by atoms with E-state index in [1.54, 1.807) is 0 Å². The summed E-state index contributed by atoms with van der Waals surface area (Å²) in [7, 11) is 0. The molecule has 0 unspecified atom stereocenters. The Bertz CT molecular complexity index is 1120. The maximum atomic E-state index is 13.0. The zero-order chi connectivity index (χ0) is 21.5. The van der Waals surface area contributed by atoms with Crippen molar-refractivity contribution in [3.8, 4) is 0 Å². The lowest BCUT2D eigenvalue weighted by molar-refractivity contribution is -0.133.